The molecule has 0 aliphatic carbocycles. The average molecular weight is 685 g/mol. The van der Waals surface area contributed by atoms with Gasteiger partial charge in [-0.2, -0.15) is 0 Å². The quantitative estimate of drug-likeness (QED) is 0.181. The molecule has 0 saturated heterocycles. The third-order valence-corrected chi connectivity index (χ3v) is 9.85. The van der Waals surface area contributed by atoms with Crippen LogP contribution in [0.5, 0.6) is 0 Å². The van der Waals surface area contributed by atoms with E-state index in [0.29, 0.717) is 0 Å². The van der Waals surface area contributed by atoms with Crippen molar-refractivity contribution in [2.45, 2.75) is 105 Å². The molecular formula is C50H56N2. The minimum absolute atomic E-state index is 0.179. The van der Waals surface area contributed by atoms with Gasteiger partial charge in [0.15, 0.2) is 0 Å². The predicted molar refractivity (Wildman–Crippen MR) is 224 cm³/mol. The molecule has 2 heterocycles. The normalized spacial score (nSPS) is 12.6. The van der Waals surface area contributed by atoms with Gasteiger partial charge >= 0.3 is 0 Å². The summed E-state index contributed by atoms with van der Waals surface area (Å²) in [6.45, 7) is 27.5. The Bertz CT molecular complexity index is 2040. The Balaban J connectivity index is 1.89. The summed E-state index contributed by atoms with van der Waals surface area (Å²) < 4.78 is 0. The van der Waals surface area contributed by atoms with Gasteiger partial charge < -0.3 is 0 Å². The molecule has 6 rings (SSSR count). The second-order valence-corrected chi connectivity index (χ2v) is 18.4. The molecule has 0 amide bonds. The van der Waals surface area contributed by atoms with Crippen molar-refractivity contribution in [3.8, 4) is 55.6 Å². The standard InChI is InChI=1S/C50H56N2/c1-47(2,3)41-31-39(43(45(51-41)49(7,8)9)37-29-21-19-27-35(37)33-23-15-13-16-24-33)40-32-42(48(4,5)6)52-46(50(10,11)12)44(40)38-30-22-20-28-36(38)34-25-17-14-18-26-34/h13-32H,1-12H3. The minimum atomic E-state index is -0.246. The molecule has 0 unspecified atom stereocenters. The van der Waals surface area contributed by atoms with Gasteiger partial charge in [-0.3, -0.25) is 9.97 Å². The second kappa shape index (κ2) is 13.6. The molecule has 0 N–H and O–H groups in total. The molecule has 0 aliphatic rings. The predicted octanol–water partition coefficient (Wildman–Crippen LogP) is 14.0. The molecule has 52 heavy (non-hydrogen) atoms. The van der Waals surface area contributed by atoms with E-state index >= 15 is 0 Å². The van der Waals surface area contributed by atoms with Gasteiger partial charge in [0.2, 0.25) is 0 Å². The first-order valence-corrected chi connectivity index (χ1v) is 18.8. The van der Waals surface area contributed by atoms with Crippen LogP contribution in [0.4, 0.5) is 0 Å². The summed E-state index contributed by atoms with van der Waals surface area (Å²) >= 11 is 0. The monoisotopic (exact) mass is 684 g/mol. The number of pyridine rings is 2. The van der Waals surface area contributed by atoms with Crippen molar-refractivity contribution in [3.63, 3.8) is 0 Å². The number of aromatic nitrogens is 2. The maximum atomic E-state index is 5.61. The molecule has 0 radical (unpaired) electrons. The maximum Gasteiger partial charge on any atom is 0.0545 e. The molecule has 2 aromatic heterocycles. The summed E-state index contributed by atoms with van der Waals surface area (Å²) in [5.41, 5.74) is 15.5. The highest BCUT2D eigenvalue weighted by atomic mass is 14.8. The smallest absolute Gasteiger partial charge is 0.0545 e. The van der Waals surface area contributed by atoms with Crippen molar-refractivity contribution in [1.82, 2.24) is 9.97 Å². The maximum absolute atomic E-state index is 5.61. The molecule has 0 saturated carbocycles. The lowest BCUT2D eigenvalue weighted by atomic mass is 9.75. The number of benzene rings is 4. The number of hydrogen-bond acceptors (Lipinski definition) is 2. The van der Waals surface area contributed by atoms with Gasteiger partial charge in [-0.1, -0.05) is 192 Å². The minimum Gasteiger partial charge on any atom is -0.256 e. The van der Waals surface area contributed by atoms with E-state index in [9.17, 15) is 0 Å². The first-order valence-electron chi connectivity index (χ1n) is 18.8. The van der Waals surface area contributed by atoms with Gasteiger partial charge in [0, 0.05) is 44.2 Å². The van der Waals surface area contributed by atoms with E-state index in [0.717, 1.165) is 22.8 Å². The Kier molecular flexibility index (Phi) is 9.68. The first kappa shape index (κ1) is 37.0. The van der Waals surface area contributed by atoms with Crippen LogP contribution in [-0.2, 0) is 21.7 Å². The number of hydrogen-bond donors (Lipinski definition) is 0. The van der Waals surface area contributed by atoms with Crippen LogP contribution >= 0.6 is 0 Å². The van der Waals surface area contributed by atoms with Crippen molar-refractivity contribution in [2.75, 3.05) is 0 Å². The van der Waals surface area contributed by atoms with Crippen LogP contribution < -0.4 is 0 Å². The third kappa shape index (κ3) is 7.40. The molecule has 4 aromatic carbocycles. The van der Waals surface area contributed by atoms with E-state index in [1.165, 1.54) is 55.6 Å². The van der Waals surface area contributed by atoms with E-state index in [1.807, 2.05) is 0 Å². The molecule has 0 aliphatic heterocycles. The highest BCUT2D eigenvalue weighted by molar-refractivity contribution is 6.00. The van der Waals surface area contributed by atoms with Crippen LogP contribution in [0.15, 0.2) is 121 Å². The average Bonchev–Trinajstić information content (AvgIpc) is 3.09. The molecule has 6 aromatic rings. The SMILES string of the molecule is CC(C)(C)c1cc(-c2cc(C(C)(C)C)nc(C(C)(C)C)c2-c2ccccc2-c2ccccc2)c(-c2ccccc2-c2ccccc2)c(C(C)(C)C)n1. The summed E-state index contributed by atoms with van der Waals surface area (Å²) in [6.07, 6.45) is 0. The van der Waals surface area contributed by atoms with Crippen LogP contribution in [0.25, 0.3) is 55.6 Å². The zero-order valence-corrected chi connectivity index (χ0v) is 33.4. The Morgan fingerprint density at radius 2 is 0.596 bits per heavy atom. The highest BCUT2D eigenvalue weighted by Crippen LogP contribution is 2.50. The zero-order valence-electron chi connectivity index (χ0n) is 33.4. The Morgan fingerprint density at radius 3 is 0.885 bits per heavy atom. The van der Waals surface area contributed by atoms with E-state index in [1.54, 1.807) is 0 Å². The van der Waals surface area contributed by atoms with Crippen molar-refractivity contribution in [3.05, 3.63) is 144 Å². The zero-order chi connectivity index (χ0) is 37.6. The highest BCUT2D eigenvalue weighted by Gasteiger charge is 2.34. The van der Waals surface area contributed by atoms with Crippen molar-refractivity contribution < 1.29 is 0 Å². The fourth-order valence-corrected chi connectivity index (χ4v) is 7.06. The molecular weight excluding hydrogens is 629 g/mol. The Labute approximate surface area is 313 Å². The molecule has 0 atom stereocenters. The van der Waals surface area contributed by atoms with Crippen molar-refractivity contribution in [1.29, 1.82) is 0 Å². The fourth-order valence-electron chi connectivity index (χ4n) is 7.06. The topological polar surface area (TPSA) is 25.8 Å². The van der Waals surface area contributed by atoms with Gasteiger partial charge in [-0.25, -0.2) is 0 Å². The lowest BCUT2D eigenvalue weighted by Gasteiger charge is -2.33. The second-order valence-electron chi connectivity index (χ2n) is 18.4. The van der Waals surface area contributed by atoms with Crippen molar-refractivity contribution >= 4 is 0 Å². The first-order chi connectivity index (χ1) is 24.4. The summed E-state index contributed by atoms with van der Waals surface area (Å²) in [6, 6.07) is 44.1. The molecule has 2 nitrogen and oxygen atoms in total. The summed E-state index contributed by atoms with van der Waals surface area (Å²) in [5, 5.41) is 0. The summed E-state index contributed by atoms with van der Waals surface area (Å²) in [7, 11) is 0. The third-order valence-electron chi connectivity index (χ3n) is 9.85. The van der Waals surface area contributed by atoms with E-state index in [2.05, 4.69) is 204 Å². The molecule has 0 spiro atoms. The van der Waals surface area contributed by atoms with Gasteiger partial charge in [0.1, 0.15) is 0 Å². The van der Waals surface area contributed by atoms with Gasteiger partial charge in [-0.15, -0.1) is 0 Å². The summed E-state index contributed by atoms with van der Waals surface area (Å²) in [5.74, 6) is 0. The lowest BCUT2D eigenvalue weighted by molar-refractivity contribution is 0.531. The van der Waals surface area contributed by atoms with Crippen LogP contribution in [-0.4, -0.2) is 9.97 Å². The molecule has 2 heteroatoms. The lowest BCUT2D eigenvalue weighted by Crippen LogP contribution is -2.23. The van der Waals surface area contributed by atoms with Crippen molar-refractivity contribution in [2.24, 2.45) is 0 Å². The molecule has 0 bridgehead atoms. The Hall–Kier alpha value is -4.82. The van der Waals surface area contributed by atoms with E-state index in [4.69, 9.17) is 9.97 Å². The number of nitrogens with zero attached hydrogens (tertiary/aromatic N) is 2. The van der Waals surface area contributed by atoms with E-state index < -0.39 is 0 Å². The van der Waals surface area contributed by atoms with Crippen LogP contribution in [0.2, 0.25) is 0 Å². The molecule has 266 valence electrons. The summed E-state index contributed by atoms with van der Waals surface area (Å²) in [4.78, 5) is 11.2. The van der Waals surface area contributed by atoms with Crippen LogP contribution in [0.3, 0.4) is 0 Å². The number of rotatable bonds is 5. The van der Waals surface area contributed by atoms with Gasteiger partial charge in [0.25, 0.3) is 0 Å². The Morgan fingerprint density at radius 1 is 0.308 bits per heavy atom. The fraction of sp³-hybridized carbons (Fsp3) is 0.320. The van der Waals surface area contributed by atoms with Gasteiger partial charge in [-0.05, 0) is 56.6 Å². The van der Waals surface area contributed by atoms with Crippen LogP contribution in [0.1, 0.15) is 106 Å². The van der Waals surface area contributed by atoms with Gasteiger partial charge in [0.05, 0.1) is 11.4 Å². The largest absolute Gasteiger partial charge is 0.256 e. The van der Waals surface area contributed by atoms with Crippen LogP contribution in [0, 0.1) is 0 Å². The van der Waals surface area contributed by atoms with E-state index in [-0.39, 0.29) is 21.7 Å². The molecule has 0 fully saturated rings.